The van der Waals surface area contributed by atoms with E-state index in [-0.39, 0.29) is 25.2 Å². The molecule has 3 aromatic rings. The summed E-state index contributed by atoms with van der Waals surface area (Å²) in [5.74, 6) is -0.363. The molecule has 0 unspecified atom stereocenters. The molecule has 3 rings (SSSR count). The first-order valence-corrected chi connectivity index (χ1v) is 10.3. The van der Waals surface area contributed by atoms with Gasteiger partial charge in [-0.05, 0) is 16.7 Å². The van der Waals surface area contributed by atoms with Crippen molar-refractivity contribution in [3.63, 3.8) is 0 Å². The maximum absolute atomic E-state index is 13.6. The molecule has 31 heavy (non-hydrogen) atoms. The van der Waals surface area contributed by atoms with Crippen molar-refractivity contribution in [3.05, 3.63) is 108 Å². The first-order valence-electron chi connectivity index (χ1n) is 10.3. The first-order chi connectivity index (χ1) is 15.0. The molecule has 0 bridgehead atoms. The molecule has 3 N–H and O–H groups in total. The average molecular weight is 421 g/mol. The predicted molar refractivity (Wildman–Crippen MR) is 118 cm³/mol. The number of rotatable bonds is 11. The van der Waals surface area contributed by atoms with Crippen molar-refractivity contribution in [2.45, 2.75) is 37.3 Å². The van der Waals surface area contributed by atoms with Crippen LogP contribution in [0.2, 0.25) is 0 Å². The van der Waals surface area contributed by atoms with E-state index < -0.39 is 24.4 Å². The van der Waals surface area contributed by atoms with Gasteiger partial charge in [-0.2, -0.15) is 0 Å². The van der Waals surface area contributed by atoms with Gasteiger partial charge in [0.25, 0.3) is 0 Å². The van der Waals surface area contributed by atoms with Crippen molar-refractivity contribution in [1.29, 1.82) is 0 Å². The van der Waals surface area contributed by atoms with E-state index in [1.807, 2.05) is 91.0 Å². The Morgan fingerprint density at radius 3 is 1.77 bits per heavy atom. The maximum atomic E-state index is 13.6. The number of ketones is 1. The van der Waals surface area contributed by atoms with Crippen molar-refractivity contribution in [1.82, 2.24) is 0 Å². The normalized spacial score (nSPS) is 15.1. The summed E-state index contributed by atoms with van der Waals surface area (Å²) in [6.07, 6.45) is -3.06. The summed E-state index contributed by atoms with van der Waals surface area (Å²) in [7, 11) is 0. The molecule has 0 saturated heterocycles. The summed E-state index contributed by atoms with van der Waals surface area (Å²) in [5, 5.41) is 30.9. The number of aliphatic hydroxyl groups is 3. The number of carbonyl (C=O) groups is 1. The van der Waals surface area contributed by atoms with Crippen LogP contribution in [0.1, 0.15) is 16.7 Å². The standard InChI is InChI=1S/C26H28O5/c27-18-23(28)25(30)26(17-21-12-6-2-7-13-21,31-19-22-14-8-3-9-15-22)24(29)16-20-10-4-1-5-11-20/h1-15,23,25,27-28,30H,16-19H2/t23-,25-,26-/m1/s1. The van der Waals surface area contributed by atoms with Crippen molar-refractivity contribution < 1.29 is 24.9 Å². The Kier molecular flexibility index (Phi) is 8.09. The van der Waals surface area contributed by atoms with Gasteiger partial charge in [-0.3, -0.25) is 4.79 Å². The smallest absolute Gasteiger partial charge is 0.172 e. The molecule has 3 atom stereocenters. The lowest BCUT2D eigenvalue weighted by atomic mass is 9.80. The molecule has 5 nitrogen and oxygen atoms in total. The highest BCUT2D eigenvalue weighted by Crippen LogP contribution is 2.29. The summed E-state index contributed by atoms with van der Waals surface area (Å²) in [5.41, 5.74) is 0.646. The van der Waals surface area contributed by atoms with Gasteiger partial charge in [0.1, 0.15) is 12.2 Å². The van der Waals surface area contributed by atoms with Crippen LogP contribution < -0.4 is 0 Å². The highest BCUT2D eigenvalue weighted by atomic mass is 16.5. The predicted octanol–water partition coefficient (Wildman–Crippen LogP) is 2.71. The van der Waals surface area contributed by atoms with Crippen LogP contribution in [-0.2, 0) is 29.0 Å². The average Bonchev–Trinajstić information content (AvgIpc) is 2.82. The SMILES string of the molecule is O=C(Cc1ccccc1)[C@@](Cc1ccccc1)(OCc1ccccc1)[C@H](O)[C@H](O)CO. The molecule has 0 fully saturated rings. The topological polar surface area (TPSA) is 87.0 Å². The maximum Gasteiger partial charge on any atom is 0.172 e. The van der Waals surface area contributed by atoms with E-state index >= 15 is 0 Å². The lowest BCUT2D eigenvalue weighted by Crippen LogP contribution is -2.59. The summed E-state index contributed by atoms with van der Waals surface area (Å²) in [6.45, 7) is -0.617. The zero-order valence-corrected chi connectivity index (χ0v) is 17.3. The number of carbonyl (C=O) groups excluding carboxylic acids is 1. The van der Waals surface area contributed by atoms with E-state index in [0.29, 0.717) is 0 Å². The Bertz CT molecular complexity index is 930. The fourth-order valence-corrected chi connectivity index (χ4v) is 3.61. The van der Waals surface area contributed by atoms with Crippen LogP contribution in [0.5, 0.6) is 0 Å². The zero-order valence-electron chi connectivity index (χ0n) is 17.3. The molecular weight excluding hydrogens is 392 g/mol. The number of benzene rings is 3. The molecule has 0 aliphatic rings. The number of Topliss-reactive ketones (excluding diaryl/α,β-unsaturated/α-hetero) is 1. The van der Waals surface area contributed by atoms with Crippen LogP contribution in [0.15, 0.2) is 91.0 Å². The number of aliphatic hydroxyl groups excluding tert-OH is 3. The van der Waals surface area contributed by atoms with Gasteiger partial charge in [0.05, 0.1) is 13.2 Å². The van der Waals surface area contributed by atoms with Gasteiger partial charge in [-0.15, -0.1) is 0 Å². The number of hydrogen-bond donors (Lipinski definition) is 3. The summed E-state index contributed by atoms with van der Waals surface area (Å²) in [4.78, 5) is 13.6. The Morgan fingerprint density at radius 1 is 0.774 bits per heavy atom. The van der Waals surface area contributed by atoms with Crippen molar-refractivity contribution in [2.24, 2.45) is 0 Å². The highest BCUT2D eigenvalue weighted by molar-refractivity contribution is 5.90. The van der Waals surface area contributed by atoms with E-state index in [0.717, 1.165) is 16.7 Å². The summed E-state index contributed by atoms with van der Waals surface area (Å²) >= 11 is 0. The second kappa shape index (κ2) is 11.0. The van der Waals surface area contributed by atoms with Gasteiger partial charge >= 0.3 is 0 Å². The second-order valence-corrected chi connectivity index (χ2v) is 7.61. The zero-order chi connectivity index (χ0) is 22.1. The van der Waals surface area contributed by atoms with Gasteiger partial charge in [0.2, 0.25) is 0 Å². The van der Waals surface area contributed by atoms with Crippen LogP contribution in [0, 0.1) is 0 Å². The molecule has 0 aromatic heterocycles. The van der Waals surface area contributed by atoms with Crippen LogP contribution in [0.3, 0.4) is 0 Å². The molecular formula is C26H28O5. The first kappa shape index (κ1) is 22.8. The molecule has 0 saturated carbocycles. The van der Waals surface area contributed by atoms with Crippen LogP contribution >= 0.6 is 0 Å². The highest BCUT2D eigenvalue weighted by Gasteiger charge is 2.48. The third kappa shape index (κ3) is 5.87. The number of hydrogen-bond acceptors (Lipinski definition) is 5. The fourth-order valence-electron chi connectivity index (χ4n) is 3.61. The lowest BCUT2D eigenvalue weighted by Gasteiger charge is -2.38. The molecule has 0 aliphatic heterocycles. The van der Waals surface area contributed by atoms with E-state index in [1.54, 1.807) is 0 Å². The Balaban J connectivity index is 2.00. The van der Waals surface area contributed by atoms with Gasteiger partial charge < -0.3 is 20.1 Å². The molecule has 0 heterocycles. The minimum absolute atomic E-state index is 0.0255. The minimum Gasteiger partial charge on any atom is -0.394 e. The van der Waals surface area contributed by atoms with E-state index in [9.17, 15) is 20.1 Å². The van der Waals surface area contributed by atoms with Crippen LogP contribution in [0.25, 0.3) is 0 Å². The molecule has 0 spiro atoms. The Hall–Kier alpha value is -2.83. The van der Waals surface area contributed by atoms with Crippen LogP contribution in [-0.4, -0.2) is 45.5 Å². The van der Waals surface area contributed by atoms with Crippen molar-refractivity contribution >= 4 is 5.78 Å². The number of ether oxygens (including phenoxy) is 1. The summed E-state index contributed by atoms with van der Waals surface area (Å²) < 4.78 is 6.17. The Morgan fingerprint density at radius 2 is 1.26 bits per heavy atom. The second-order valence-electron chi connectivity index (χ2n) is 7.61. The van der Waals surface area contributed by atoms with Crippen molar-refractivity contribution in [2.75, 3.05) is 6.61 Å². The van der Waals surface area contributed by atoms with Gasteiger partial charge in [0, 0.05) is 12.8 Å². The molecule has 162 valence electrons. The molecule has 0 aliphatic carbocycles. The monoisotopic (exact) mass is 420 g/mol. The molecule has 3 aromatic carbocycles. The van der Waals surface area contributed by atoms with Gasteiger partial charge in [-0.1, -0.05) is 91.0 Å². The van der Waals surface area contributed by atoms with Crippen molar-refractivity contribution in [3.8, 4) is 0 Å². The summed E-state index contributed by atoms with van der Waals surface area (Å²) in [6, 6.07) is 27.8. The van der Waals surface area contributed by atoms with Crippen LogP contribution in [0.4, 0.5) is 0 Å². The van der Waals surface area contributed by atoms with Gasteiger partial charge in [0.15, 0.2) is 11.4 Å². The van der Waals surface area contributed by atoms with E-state index in [4.69, 9.17) is 4.74 Å². The molecule has 0 amide bonds. The lowest BCUT2D eigenvalue weighted by molar-refractivity contribution is -0.183. The fraction of sp³-hybridized carbons (Fsp3) is 0.269. The Labute approximate surface area is 182 Å². The van der Waals surface area contributed by atoms with Gasteiger partial charge in [-0.25, -0.2) is 0 Å². The quantitative estimate of drug-likeness (QED) is 0.444. The largest absolute Gasteiger partial charge is 0.394 e. The molecule has 5 heteroatoms. The third-order valence-electron chi connectivity index (χ3n) is 5.36. The third-order valence-corrected chi connectivity index (χ3v) is 5.36. The molecule has 0 radical (unpaired) electrons. The minimum atomic E-state index is -1.74. The van der Waals surface area contributed by atoms with E-state index in [1.165, 1.54) is 0 Å². The van der Waals surface area contributed by atoms with E-state index in [2.05, 4.69) is 0 Å².